The standard InChI is InChI=1S/C19H20N6O3/c1-24-8-2-4-14(24)17-21-18(27-23-17)13-6-9-25(10-7-13)12-16-20-19(28-22-16)15-5-3-11-26-15/h2-5,8,11,13H,6-7,9-10,12H2,1H3. The maximum Gasteiger partial charge on any atom is 0.293 e. The highest BCUT2D eigenvalue weighted by Gasteiger charge is 2.26. The molecule has 0 aliphatic carbocycles. The summed E-state index contributed by atoms with van der Waals surface area (Å²) in [7, 11) is 1.97. The molecule has 1 aliphatic rings. The minimum absolute atomic E-state index is 0.279. The first-order valence-corrected chi connectivity index (χ1v) is 9.30. The SMILES string of the molecule is Cn1cccc1-c1noc(C2CCN(Cc3noc(-c4ccco4)n3)CC2)n1. The van der Waals surface area contributed by atoms with E-state index in [2.05, 4.69) is 25.2 Å². The number of nitrogens with zero attached hydrogens (tertiary/aromatic N) is 6. The molecule has 1 fully saturated rings. The lowest BCUT2D eigenvalue weighted by atomic mass is 9.97. The van der Waals surface area contributed by atoms with Crippen molar-refractivity contribution in [3.8, 4) is 23.2 Å². The summed E-state index contributed by atoms with van der Waals surface area (Å²) in [5, 5.41) is 8.20. The summed E-state index contributed by atoms with van der Waals surface area (Å²) in [5.41, 5.74) is 0.955. The maximum atomic E-state index is 5.54. The highest BCUT2D eigenvalue weighted by Crippen LogP contribution is 2.29. The van der Waals surface area contributed by atoms with Crippen LogP contribution in [0.25, 0.3) is 23.2 Å². The van der Waals surface area contributed by atoms with Crippen LogP contribution in [0.1, 0.15) is 30.5 Å². The summed E-state index contributed by atoms with van der Waals surface area (Å²) in [5.74, 6) is 3.30. The monoisotopic (exact) mass is 380 g/mol. The van der Waals surface area contributed by atoms with Crippen molar-refractivity contribution in [1.29, 1.82) is 0 Å². The Kier molecular flexibility index (Phi) is 4.28. The molecule has 1 aliphatic heterocycles. The van der Waals surface area contributed by atoms with Crippen molar-refractivity contribution < 1.29 is 13.5 Å². The van der Waals surface area contributed by atoms with Gasteiger partial charge in [-0.2, -0.15) is 9.97 Å². The van der Waals surface area contributed by atoms with Crippen LogP contribution in [0.2, 0.25) is 0 Å². The zero-order valence-corrected chi connectivity index (χ0v) is 15.5. The third-order valence-corrected chi connectivity index (χ3v) is 5.12. The van der Waals surface area contributed by atoms with Crippen molar-refractivity contribution in [2.24, 2.45) is 7.05 Å². The summed E-state index contributed by atoms with van der Waals surface area (Å²) in [6.45, 7) is 2.48. The van der Waals surface area contributed by atoms with Crippen LogP contribution in [-0.2, 0) is 13.6 Å². The van der Waals surface area contributed by atoms with E-state index >= 15 is 0 Å². The minimum atomic E-state index is 0.279. The van der Waals surface area contributed by atoms with Gasteiger partial charge in [-0.05, 0) is 50.2 Å². The van der Waals surface area contributed by atoms with E-state index in [4.69, 9.17) is 13.5 Å². The molecule has 4 aromatic heterocycles. The van der Waals surface area contributed by atoms with Crippen LogP contribution in [-0.4, -0.2) is 42.8 Å². The fourth-order valence-corrected chi connectivity index (χ4v) is 3.56. The Balaban J connectivity index is 1.19. The highest BCUT2D eigenvalue weighted by molar-refractivity contribution is 5.49. The lowest BCUT2D eigenvalue weighted by molar-refractivity contribution is 0.182. The summed E-state index contributed by atoms with van der Waals surface area (Å²) in [6, 6.07) is 7.56. The highest BCUT2D eigenvalue weighted by atomic mass is 16.5. The van der Waals surface area contributed by atoms with Crippen LogP contribution in [0.5, 0.6) is 0 Å². The molecule has 1 saturated heterocycles. The zero-order valence-electron chi connectivity index (χ0n) is 15.5. The summed E-state index contributed by atoms with van der Waals surface area (Å²) in [4.78, 5) is 11.3. The second-order valence-electron chi connectivity index (χ2n) is 7.00. The molecule has 0 saturated carbocycles. The van der Waals surface area contributed by atoms with Gasteiger partial charge in [-0.3, -0.25) is 4.90 Å². The van der Waals surface area contributed by atoms with E-state index in [0.29, 0.717) is 29.8 Å². The molecule has 0 N–H and O–H groups in total. The Bertz CT molecular complexity index is 1040. The summed E-state index contributed by atoms with van der Waals surface area (Å²) in [6.07, 6.45) is 5.47. The molecule has 0 amide bonds. The van der Waals surface area contributed by atoms with Gasteiger partial charge in [0.25, 0.3) is 5.89 Å². The van der Waals surface area contributed by atoms with Crippen molar-refractivity contribution in [3.63, 3.8) is 0 Å². The van der Waals surface area contributed by atoms with Gasteiger partial charge in [0.05, 0.1) is 18.5 Å². The first-order chi connectivity index (χ1) is 13.8. The van der Waals surface area contributed by atoms with Crippen LogP contribution in [0.3, 0.4) is 0 Å². The molecule has 0 radical (unpaired) electrons. The van der Waals surface area contributed by atoms with Crippen LogP contribution in [0.4, 0.5) is 0 Å². The van der Waals surface area contributed by atoms with Gasteiger partial charge in [0.2, 0.25) is 11.7 Å². The van der Waals surface area contributed by atoms with E-state index < -0.39 is 0 Å². The summed E-state index contributed by atoms with van der Waals surface area (Å²) < 4.78 is 18.1. The average molecular weight is 380 g/mol. The van der Waals surface area contributed by atoms with Gasteiger partial charge in [0.15, 0.2) is 11.6 Å². The molecule has 0 atom stereocenters. The average Bonchev–Trinajstić information content (AvgIpc) is 3.49. The Hall–Kier alpha value is -3.20. The molecule has 0 spiro atoms. The Labute approximate surface area is 160 Å². The minimum Gasteiger partial charge on any atom is -0.459 e. The smallest absolute Gasteiger partial charge is 0.293 e. The molecule has 5 heterocycles. The Morgan fingerprint density at radius 2 is 1.96 bits per heavy atom. The first kappa shape index (κ1) is 16.9. The first-order valence-electron chi connectivity index (χ1n) is 9.30. The van der Waals surface area contributed by atoms with E-state index in [1.807, 2.05) is 29.9 Å². The molecular weight excluding hydrogens is 360 g/mol. The molecule has 0 bridgehead atoms. The Morgan fingerprint density at radius 3 is 2.71 bits per heavy atom. The number of furan rings is 1. The molecule has 0 unspecified atom stereocenters. The van der Waals surface area contributed by atoms with Gasteiger partial charge in [0.1, 0.15) is 0 Å². The van der Waals surface area contributed by atoms with Crippen molar-refractivity contribution in [2.45, 2.75) is 25.3 Å². The van der Waals surface area contributed by atoms with Gasteiger partial charge in [-0.25, -0.2) is 0 Å². The molecule has 0 aromatic carbocycles. The maximum absolute atomic E-state index is 5.54. The zero-order chi connectivity index (χ0) is 18.9. The normalized spacial score (nSPS) is 16.0. The third-order valence-electron chi connectivity index (χ3n) is 5.12. The fraction of sp³-hybridized carbons (Fsp3) is 0.368. The van der Waals surface area contributed by atoms with Gasteiger partial charge in [-0.15, -0.1) is 0 Å². The number of hydrogen-bond acceptors (Lipinski definition) is 8. The molecule has 9 heteroatoms. The van der Waals surface area contributed by atoms with E-state index in [-0.39, 0.29) is 5.92 Å². The predicted molar refractivity (Wildman–Crippen MR) is 98.0 cm³/mol. The lowest BCUT2D eigenvalue weighted by Gasteiger charge is -2.29. The number of piperidine rings is 1. The molecule has 9 nitrogen and oxygen atoms in total. The van der Waals surface area contributed by atoms with Crippen molar-refractivity contribution in [1.82, 2.24) is 29.7 Å². The Morgan fingerprint density at radius 1 is 1.07 bits per heavy atom. The number of rotatable bonds is 5. The van der Waals surface area contributed by atoms with Crippen LogP contribution < -0.4 is 0 Å². The van der Waals surface area contributed by atoms with E-state index in [0.717, 1.165) is 37.5 Å². The van der Waals surface area contributed by atoms with E-state index in [1.165, 1.54) is 0 Å². The van der Waals surface area contributed by atoms with Crippen LogP contribution >= 0.6 is 0 Å². The van der Waals surface area contributed by atoms with Gasteiger partial charge < -0.3 is 18.0 Å². The van der Waals surface area contributed by atoms with Gasteiger partial charge in [-0.1, -0.05) is 10.3 Å². The van der Waals surface area contributed by atoms with Crippen molar-refractivity contribution in [3.05, 3.63) is 48.4 Å². The number of aromatic nitrogens is 5. The third kappa shape index (κ3) is 3.24. The van der Waals surface area contributed by atoms with Gasteiger partial charge in [0, 0.05) is 19.2 Å². The molecule has 28 heavy (non-hydrogen) atoms. The molecule has 144 valence electrons. The number of hydrogen-bond donors (Lipinski definition) is 0. The van der Waals surface area contributed by atoms with Crippen molar-refractivity contribution in [2.75, 3.05) is 13.1 Å². The van der Waals surface area contributed by atoms with E-state index in [9.17, 15) is 0 Å². The lowest BCUT2D eigenvalue weighted by Crippen LogP contribution is -2.32. The fourth-order valence-electron chi connectivity index (χ4n) is 3.56. The summed E-state index contributed by atoms with van der Waals surface area (Å²) >= 11 is 0. The number of likely N-dealkylation sites (tertiary alicyclic amines) is 1. The van der Waals surface area contributed by atoms with E-state index in [1.54, 1.807) is 18.4 Å². The molecule has 5 rings (SSSR count). The van der Waals surface area contributed by atoms with Gasteiger partial charge >= 0.3 is 0 Å². The van der Waals surface area contributed by atoms with Crippen molar-refractivity contribution >= 4 is 0 Å². The topological polar surface area (TPSA) is 99.2 Å². The van der Waals surface area contributed by atoms with Crippen LogP contribution in [0.15, 0.2) is 50.2 Å². The largest absolute Gasteiger partial charge is 0.459 e. The van der Waals surface area contributed by atoms with Crippen LogP contribution in [0, 0.1) is 0 Å². The second-order valence-corrected chi connectivity index (χ2v) is 7.00. The molecular formula is C19H20N6O3. The quantitative estimate of drug-likeness (QED) is 0.521. The predicted octanol–water partition coefficient (Wildman–Crippen LogP) is 3.10. The molecule has 4 aromatic rings. The number of aryl methyl sites for hydroxylation is 1. The second kappa shape index (κ2) is 7.08.